The van der Waals surface area contributed by atoms with Crippen LogP contribution in [0.15, 0.2) is 169 Å². The van der Waals surface area contributed by atoms with Crippen molar-refractivity contribution in [3.63, 3.8) is 0 Å². The zero-order valence-electron chi connectivity index (χ0n) is 52.4. The molecule has 0 saturated heterocycles. The number of hydrogen-bond acceptors (Lipinski definition) is 5. The molecule has 5 unspecified atom stereocenters. The number of thiophene rings is 1. The molecule has 0 bridgehead atoms. The van der Waals surface area contributed by atoms with Crippen molar-refractivity contribution in [2.75, 3.05) is 19.6 Å². The van der Waals surface area contributed by atoms with E-state index in [1.165, 1.54) is 167 Å². The van der Waals surface area contributed by atoms with E-state index in [9.17, 15) is 0 Å². The average Bonchev–Trinajstić information content (AvgIpc) is 1.36. The molecule has 7 aromatic rings. The maximum absolute atomic E-state index is 4.93. The van der Waals surface area contributed by atoms with Gasteiger partial charge in [0.2, 0.25) is 6.71 Å². The van der Waals surface area contributed by atoms with Crippen molar-refractivity contribution in [1.82, 2.24) is 0 Å². The van der Waals surface area contributed by atoms with Gasteiger partial charge in [0.1, 0.15) is 0 Å². The number of aryl methyl sites for hydroxylation is 1. The van der Waals surface area contributed by atoms with Crippen molar-refractivity contribution in [1.29, 1.82) is 0 Å². The van der Waals surface area contributed by atoms with Crippen molar-refractivity contribution in [2.24, 2.45) is 0 Å². The van der Waals surface area contributed by atoms with Gasteiger partial charge >= 0.3 is 0 Å². The van der Waals surface area contributed by atoms with Gasteiger partial charge in [-0.2, -0.15) is 11.3 Å². The van der Waals surface area contributed by atoms with Crippen molar-refractivity contribution < 1.29 is 0 Å². The van der Waals surface area contributed by atoms with Gasteiger partial charge in [-0.15, -0.1) is 0 Å². The quantitative estimate of drug-likeness (QED) is 0.159. The zero-order valence-corrected chi connectivity index (χ0v) is 53.2. The van der Waals surface area contributed by atoms with Crippen LogP contribution in [0.2, 0.25) is 5.82 Å². The van der Waals surface area contributed by atoms with E-state index in [0.717, 1.165) is 12.8 Å². The topological polar surface area (TPSA) is 13.0 Å². The van der Waals surface area contributed by atoms with Crippen molar-refractivity contribution in [3.8, 4) is 0 Å². The molecule has 5 heterocycles. The highest BCUT2D eigenvalue weighted by Gasteiger charge is 2.61. The summed E-state index contributed by atoms with van der Waals surface area (Å²) in [6.45, 7) is 36.6. The van der Waals surface area contributed by atoms with Crippen LogP contribution >= 0.6 is 11.3 Å². The number of allylic oxidation sites excluding steroid dienone is 5. The first kappa shape index (κ1) is 53.9. The summed E-state index contributed by atoms with van der Waals surface area (Å²) in [5.41, 5.74) is 26.3. The molecule has 6 aromatic carbocycles. The molecule has 6 heteroatoms. The summed E-state index contributed by atoms with van der Waals surface area (Å²) in [4.78, 5) is 12.5. The van der Waals surface area contributed by atoms with Crippen LogP contribution in [-0.2, 0) is 27.1 Å². The fraction of sp³-hybridized carbons (Fsp3) is 0.385. The van der Waals surface area contributed by atoms with Crippen molar-refractivity contribution >= 4 is 85.4 Å². The molecule has 84 heavy (non-hydrogen) atoms. The Hall–Kier alpha value is -6.76. The lowest BCUT2D eigenvalue weighted by atomic mass is 9.31. The first-order valence-electron chi connectivity index (χ1n) is 31.8. The standard InChI is InChI=1S/C78H85BN4S/c1-49-58(57-25-15-16-26-60(57)74(49,9)10)48-59-50(2)84-71-70(59)81(54-37-33-52(34-38-54)73(6,7)8)68-47-56(83-65-30-20-18-28-62(65)76(12)42-22-24-44-78(76,83)14)46-67-69(68)79(71)63-40-39-55(45-66(63)80(67)53-35-31-51(32-36-53)72(3,4)5)82-64-29-19-17-27-61(64)75(11)41-21-23-43-77(75,82)13/h15-20,25-39,45-48,63H,1,21-24,40-44H2,2-14H3/b58-48+. The summed E-state index contributed by atoms with van der Waals surface area (Å²) < 4.78 is 1.46. The average molecular weight is 1120 g/mol. The Morgan fingerprint density at radius 1 is 0.571 bits per heavy atom. The van der Waals surface area contributed by atoms with Crippen molar-refractivity contribution in [2.45, 2.75) is 192 Å². The van der Waals surface area contributed by atoms with Crippen LogP contribution in [0.5, 0.6) is 0 Å². The SMILES string of the molecule is C=C1/C(=C\c2c(C)sc3c2N(c2ccc(C(C)(C)C)cc2)c2cc(N4c5ccccc5C5(C)CCCCC45C)cc4c2B3C2CC=C(N3c5ccccc5C5(C)CCCCC35C)C=C2N4c2ccc(C(C)(C)C)cc2)c2ccccc2C1(C)C. The van der Waals surface area contributed by atoms with Gasteiger partial charge in [0.25, 0.3) is 0 Å². The Kier molecular flexibility index (Phi) is 11.7. The minimum absolute atomic E-state index is 0.00187. The first-order valence-corrected chi connectivity index (χ1v) is 32.7. The molecule has 0 N–H and O–H groups in total. The molecule has 0 spiro atoms. The Bertz CT molecular complexity index is 4020. The summed E-state index contributed by atoms with van der Waals surface area (Å²) in [6, 6.07) is 52.8. The molecular weight excluding hydrogens is 1040 g/mol. The third kappa shape index (κ3) is 7.25. The number of benzene rings is 6. The smallest absolute Gasteiger partial charge is 0.239 e. The molecule has 5 atom stereocenters. The van der Waals surface area contributed by atoms with Crippen molar-refractivity contribution in [3.05, 3.63) is 213 Å². The molecule has 4 nitrogen and oxygen atoms in total. The Morgan fingerprint density at radius 3 is 1.65 bits per heavy atom. The van der Waals surface area contributed by atoms with Crippen LogP contribution in [0.4, 0.5) is 45.5 Å². The van der Waals surface area contributed by atoms with E-state index in [1.54, 1.807) is 0 Å². The molecular formula is C78H85BN4S. The normalized spacial score (nSPS) is 26.7. The number of hydrogen-bond donors (Lipinski definition) is 0. The molecule has 4 aliphatic carbocycles. The fourth-order valence-corrected chi connectivity index (χ4v) is 19.3. The third-order valence-electron chi connectivity index (χ3n) is 23.3. The summed E-state index contributed by atoms with van der Waals surface area (Å²) in [7, 11) is 0. The highest BCUT2D eigenvalue weighted by atomic mass is 32.1. The highest BCUT2D eigenvalue weighted by Crippen LogP contribution is 2.64. The van der Waals surface area contributed by atoms with Crippen LogP contribution in [0.25, 0.3) is 11.6 Å². The minimum Gasteiger partial charge on any atom is -0.335 e. The largest absolute Gasteiger partial charge is 0.335 e. The summed E-state index contributed by atoms with van der Waals surface area (Å²) in [6.07, 6.45) is 18.5. The zero-order chi connectivity index (χ0) is 58.4. The van der Waals surface area contributed by atoms with Crippen LogP contribution in [-0.4, -0.2) is 17.8 Å². The molecule has 426 valence electrons. The monoisotopic (exact) mass is 1120 g/mol. The van der Waals surface area contributed by atoms with E-state index in [-0.39, 0.29) is 50.7 Å². The molecule has 0 amide bonds. The van der Waals surface area contributed by atoms with E-state index >= 15 is 0 Å². The van der Waals surface area contributed by atoms with Crippen LogP contribution in [0.3, 0.4) is 0 Å². The molecule has 8 aliphatic rings. The maximum atomic E-state index is 4.93. The van der Waals surface area contributed by atoms with Gasteiger partial charge in [-0.3, -0.25) is 0 Å². The lowest BCUT2D eigenvalue weighted by Gasteiger charge is -2.53. The first-order chi connectivity index (χ1) is 40.0. The van der Waals surface area contributed by atoms with Gasteiger partial charge < -0.3 is 19.6 Å². The Morgan fingerprint density at radius 2 is 1.07 bits per heavy atom. The lowest BCUT2D eigenvalue weighted by molar-refractivity contribution is 0.191. The Balaban J connectivity index is 1.05. The Labute approximate surface area is 506 Å². The fourth-order valence-electron chi connectivity index (χ4n) is 18.0. The van der Waals surface area contributed by atoms with Gasteiger partial charge in [0.15, 0.2) is 0 Å². The van der Waals surface area contributed by atoms with Gasteiger partial charge in [0.05, 0.1) is 16.8 Å². The number of anilines is 8. The summed E-state index contributed by atoms with van der Waals surface area (Å²) >= 11 is 2.05. The maximum Gasteiger partial charge on any atom is 0.239 e. The predicted octanol–water partition coefficient (Wildman–Crippen LogP) is 20.0. The number of nitrogens with zero attached hydrogens (tertiary/aromatic N) is 4. The minimum atomic E-state index is -0.188. The number of para-hydroxylation sites is 2. The lowest BCUT2D eigenvalue weighted by Crippen LogP contribution is -2.59. The van der Waals surface area contributed by atoms with Gasteiger partial charge in [-0.25, -0.2) is 0 Å². The number of fused-ring (bicyclic) bond motifs is 11. The highest BCUT2D eigenvalue weighted by molar-refractivity contribution is 7.27. The second-order valence-corrected chi connectivity index (χ2v) is 31.3. The van der Waals surface area contributed by atoms with E-state index in [4.69, 9.17) is 6.58 Å². The van der Waals surface area contributed by atoms with E-state index in [1.807, 2.05) is 11.3 Å². The summed E-state index contributed by atoms with van der Waals surface area (Å²) in [5.74, 6) is 0.159. The molecule has 15 rings (SSSR count). The second-order valence-electron chi connectivity index (χ2n) is 30.0. The van der Waals surface area contributed by atoms with Gasteiger partial charge in [0, 0.05) is 82.7 Å². The van der Waals surface area contributed by atoms with Crippen LogP contribution < -0.4 is 29.8 Å². The van der Waals surface area contributed by atoms with Crippen LogP contribution in [0.1, 0.15) is 185 Å². The van der Waals surface area contributed by atoms with E-state index < -0.39 is 0 Å². The van der Waals surface area contributed by atoms with Gasteiger partial charge in [-0.1, -0.05) is 193 Å². The van der Waals surface area contributed by atoms with E-state index in [0.29, 0.717) is 0 Å². The molecule has 2 saturated carbocycles. The van der Waals surface area contributed by atoms with Gasteiger partial charge in [-0.05, 0) is 180 Å². The third-order valence-corrected chi connectivity index (χ3v) is 24.4. The molecule has 2 fully saturated rings. The number of rotatable bonds is 5. The van der Waals surface area contributed by atoms with E-state index in [2.05, 4.69) is 261 Å². The molecule has 1 aromatic heterocycles. The summed E-state index contributed by atoms with van der Waals surface area (Å²) in [5, 5.41) is 0. The molecule has 0 radical (unpaired) electrons. The molecule has 4 aliphatic heterocycles. The second kappa shape index (κ2) is 18.1. The predicted molar refractivity (Wildman–Crippen MR) is 362 cm³/mol. The van der Waals surface area contributed by atoms with Crippen LogP contribution in [0, 0.1) is 6.92 Å².